The fourth-order valence-electron chi connectivity index (χ4n) is 3.45. The van der Waals surface area contributed by atoms with Crippen molar-refractivity contribution in [1.82, 2.24) is 14.5 Å². The molecule has 0 saturated carbocycles. The minimum absolute atomic E-state index is 0.179. The van der Waals surface area contributed by atoms with Gasteiger partial charge >= 0.3 is 5.69 Å². The molecule has 8 heteroatoms. The Morgan fingerprint density at radius 3 is 2.65 bits per heavy atom. The van der Waals surface area contributed by atoms with Gasteiger partial charge in [0.25, 0.3) is 5.56 Å². The maximum atomic E-state index is 13.4. The quantitative estimate of drug-likeness (QED) is 0.454. The zero-order chi connectivity index (χ0) is 22.1. The summed E-state index contributed by atoms with van der Waals surface area (Å²) in [5.74, 6) is -0.309. The maximum absolute atomic E-state index is 13.4. The Labute approximate surface area is 190 Å². The number of nitrogens with one attached hydrogen (secondary N) is 1. The predicted molar refractivity (Wildman–Crippen MR) is 127 cm³/mol. The first-order chi connectivity index (χ1) is 14.9. The van der Waals surface area contributed by atoms with Gasteiger partial charge in [0.05, 0.1) is 11.2 Å². The molecule has 158 valence electrons. The summed E-state index contributed by atoms with van der Waals surface area (Å²) in [6, 6.07) is 14.9. The molecule has 0 aliphatic rings. The number of aryl methyl sites for hydroxylation is 2. The molecule has 0 aliphatic heterocycles. The first-order valence-electron chi connectivity index (χ1n) is 9.67. The Balaban J connectivity index is 1.74. The van der Waals surface area contributed by atoms with E-state index in [-0.39, 0.29) is 18.0 Å². The molecule has 2 heterocycles. The van der Waals surface area contributed by atoms with Crippen molar-refractivity contribution >= 4 is 43.4 Å². The first-order valence-corrected chi connectivity index (χ1v) is 11.3. The number of hydrogen-bond acceptors (Lipinski definition) is 4. The number of fused-ring (bicyclic) bond motifs is 1. The molecule has 4 rings (SSSR count). The van der Waals surface area contributed by atoms with E-state index in [0.717, 1.165) is 21.2 Å². The number of halogens is 1. The summed E-state index contributed by atoms with van der Waals surface area (Å²) < 4.78 is 3.88. The van der Waals surface area contributed by atoms with Gasteiger partial charge in [-0.05, 0) is 54.1 Å². The zero-order valence-corrected chi connectivity index (χ0v) is 19.4. The van der Waals surface area contributed by atoms with Crippen LogP contribution in [0.3, 0.4) is 0 Å². The summed E-state index contributed by atoms with van der Waals surface area (Å²) in [6.07, 6.45) is 0. The van der Waals surface area contributed by atoms with Gasteiger partial charge in [0.15, 0.2) is 0 Å². The van der Waals surface area contributed by atoms with Crippen LogP contribution in [0.25, 0.3) is 15.9 Å². The molecule has 0 radical (unpaired) electrons. The van der Waals surface area contributed by atoms with Gasteiger partial charge in [0, 0.05) is 11.0 Å². The van der Waals surface area contributed by atoms with Crippen LogP contribution in [0.15, 0.2) is 68.0 Å². The van der Waals surface area contributed by atoms with E-state index in [9.17, 15) is 14.4 Å². The Kier molecular flexibility index (Phi) is 5.93. The Morgan fingerprint density at radius 1 is 1.10 bits per heavy atom. The highest BCUT2D eigenvalue weighted by Crippen LogP contribution is 2.19. The van der Waals surface area contributed by atoms with E-state index >= 15 is 0 Å². The van der Waals surface area contributed by atoms with Gasteiger partial charge in [0.1, 0.15) is 11.2 Å². The van der Waals surface area contributed by atoms with Crippen molar-refractivity contribution in [2.75, 3.05) is 0 Å². The van der Waals surface area contributed by atoms with Gasteiger partial charge in [-0.1, -0.05) is 46.3 Å². The summed E-state index contributed by atoms with van der Waals surface area (Å²) in [5, 5.41) is 4.61. The summed E-state index contributed by atoms with van der Waals surface area (Å²) in [4.78, 5) is 39.2. The molecular formula is C23H20BrN3O3S. The van der Waals surface area contributed by atoms with Crippen LogP contribution in [0.2, 0.25) is 0 Å². The van der Waals surface area contributed by atoms with Crippen molar-refractivity contribution in [3.63, 3.8) is 0 Å². The third-order valence-corrected chi connectivity index (χ3v) is 6.76. The molecular weight excluding hydrogens is 478 g/mol. The monoisotopic (exact) mass is 497 g/mol. The van der Waals surface area contributed by atoms with Gasteiger partial charge in [-0.25, -0.2) is 9.36 Å². The zero-order valence-electron chi connectivity index (χ0n) is 17.0. The van der Waals surface area contributed by atoms with Gasteiger partial charge in [0.2, 0.25) is 5.91 Å². The lowest BCUT2D eigenvalue weighted by molar-refractivity contribution is -0.121. The number of carbonyl (C=O) groups excluding carboxylic acids is 1. The minimum atomic E-state index is -0.527. The third kappa shape index (κ3) is 4.13. The van der Waals surface area contributed by atoms with Crippen molar-refractivity contribution in [3.8, 4) is 5.69 Å². The van der Waals surface area contributed by atoms with Gasteiger partial charge in [-0.2, -0.15) is 0 Å². The number of rotatable bonds is 5. The largest absolute Gasteiger partial charge is 0.350 e. The number of benzene rings is 2. The van der Waals surface area contributed by atoms with E-state index in [4.69, 9.17) is 0 Å². The van der Waals surface area contributed by atoms with Crippen molar-refractivity contribution in [1.29, 1.82) is 0 Å². The Bertz CT molecular complexity index is 1420. The molecule has 0 saturated heterocycles. The second kappa shape index (κ2) is 8.64. The molecule has 6 nitrogen and oxygen atoms in total. The van der Waals surface area contributed by atoms with Crippen molar-refractivity contribution < 1.29 is 4.79 Å². The lowest BCUT2D eigenvalue weighted by Crippen LogP contribution is -2.41. The molecule has 4 aromatic rings. The fourth-order valence-corrected chi connectivity index (χ4v) is 4.70. The third-order valence-electron chi connectivity index (χ3n) is 5.10. The lowest BCUT2D eigenvalue weighted by atomic mass is 10.1. The second-order valence-electron chi connectivity index (χ2n) is 7.30. The molecule has 1 N–H and O–H groups in total. The highest BCUT2D eigenvalue weighted by Gasteiger charge is 2.18. The minimum Gasteiger partial charge on any atom is -0.350 e. The number of hydrogen-bond donors (Lipinski definition) is 1. The Morgan fingerprint density at radius 2 is 1.87 bits per heavy atom. The molecule has 0 bridgehead atoms. The van der Waals surface area contributed by atoms with Crippen LogP contribution in [0, 0.1) is 13.8 Å². The van der Waals surface area contributed by atoms with Gasteiger partial charge in [-0.15, -0.1) is 11.3 Å². The number of nitrogens with zero attached hydrogens (tertiary/aromatic N) is 2. The van der Waals surface area contributed by atoms with Gasteiger partial charge < -0.3 is 5.32 Å². The van der Waals surface area contributed by atoms with Crippen LogP contribution >= 0.6 is 27.3 Å². The maximum Gasteiger partial charge on any atom is 0.336 e. The standard InChI is InChI=1S/C23H20BrN3O3S/c1-14-7-8-15(2)19(11-14)27-22(29)21-18(9-10-31-21)26(23(27)30)13-20(28)25-12-16-5-3-4-6-17(16)24/h3-11H,12-13H2,1-2H3,(H,25,28). The normalized spacial score (nSPS) is 11.1. The van der Waals surface area contributed by atoms with Crippen molar-refractivity contribution in [2.24, 2.45) is 0 Å². The van der Waals surface area contributed by atoms with Gasteiger partial charge in [-0.3, -0.25) is 14.2 Å². The van der Waals surface area contributed by atoms with Crippen LogP contribution in [-0.2, 0) is 17.9 Å². The first kappa shape index (κ1) is 21.3. The van der Waals surface area contributed by atoms with Crippen molar-refractivity contribution in [3.05, 3.63) is 95.9 Å². The predicted octanol–water partition coefficient (Wildman–Crippen LogP) is 3.91. The number of amides is 1. The summed E-state index contributed by atoms with van der Waals surface area (Å²) >= 11 is 4.73. The van der Waals surface area contributed by atoms with E-state index in [2.05, 4.69) is 21.2 Å². The topological polar surface area (TPSA) is 73.1 Å². The van der Waals surface area contributed by atoms with E-state index < -0.39 is 5.69 Å². The van der Waals surface area contributed by atoms with Crippen LogP contribution in [0.1, 0.15) is 16.7 Å². The number of aromatic nitrogens is 2. The smallest absolute Gasteiger partial charge is 0.336 e. The van der Waals surface area contributed by atoms with Crippen LogP contribution in [0.5, 0.6) is 0 Å². The number of thiophene rings is 1. The fraction of sp³-hybridized carbons (Fsp3) is 0.174. The van der Waals surface area contributed by atoms with E-state index in [1.54, 1.807) is 11.4 Å². The lowest BCUT2D eigenvalue weighted by Gasteiger charge is -2.14. The average Bonchev–Trinajstić information content (AvgIpc) is 3.23. The number of carbonyl (C=O) groups is 1. The molecule has 0 spiro atoms. The molecule has 0 fully saturated rings. The molecule has 0 unspecified atom stereocenters. The van der Waals surface area contributed by atoms with Crippen molar-refractivity contribution in [2.45, 2.75) is 26.9 Å². The summed E-state index contributed by atoms with van der Waals surface area (Å²) in [5.41, 5.74) is 2.80. The molecule has 31 heavy (non-hydrogen) atoms. The molecule has 0 atom stereocenters. The molecule has 2 aromatic carbocycles. The van der Waals surface area contributed by atoms with E-state index in [1.165, 1.54) is 20.5 Å². The summed E-state index contributed by atoms with van der Waals surface area (Å²) in [6.45, 7) is 3.92. The second-order valence-corrected chi connectivity index (χ2v) is 9.07. The van der Waals surface area contributed by atoms with Crippen LogP contribution < -0.4 is 16.6 Å². The molecule has 1 amide bonds. The van der Waals surface area contributed by atoms with Crippen LogP contribution in [-0.4, -0.2) is 15.0 Å². The van der Waals surface area contributed by atoms with E-state index in [1.807, 2.05) is 56.3 Å². The molecule has 0 aliphatic carbocycles. The van der Waals surface area contributed by atoms with Crippen LogP contribution in [0.4, 0.5) is 0 Å². The highest BCUT2D eigenvalue weighted by atomic mass is 79.9. The molecule has 2 aromatic heterocycles. The SMILES string of the molecule is Cc1ccc(C)c(-n2c(=O)c3sccc3n(CC(=O)NCc3ccccc3Br)c2=O)c1. The van der Waals surface area contributed by atoms with E-state index in [0.29, 0.717) is 22.4 Å². The average molecular weight is 498 g/mol. The highest BCUT2D eigenvalue weighted by molar-refractivity contribution is 9.10. The summed E-state index contributed by atoms with van der Waals surface area (Å²) in [7, 11) is 0. The Hall–Kier alpha value is -2.97.